The summed E-state index contributed by atoms with van der Waals surface area (Å²) in [6, 6.07) is 10.3. The molecule has 3 amide bonds. The van der Waals surface area contributed by atoms with Gasteiger partial charge in [0.2, 0.25) is 11.8 Å². The van der Waals surface area contributed by atoms with Gasteiger partial charge in [0.15, 0.2) is 0 Å². The highest BCUT2D eigenvalue weighted by Crippen LogP contribution is 2.30. The summed E-state index contributed by atoms with van der Waals surface area (Å²) < 4.78 is 40.5. The molecule has 0 aromatic heterocycles. The molecule has 8 nitrogen and oxygen atoms in total. The molecule has 3 rings (SSSR count). The van der Waals surface area contributed by atoms with Crippen LogP contribution in [0.3, 0.4) is 0 Å². The Bertz CT molecular complexity index is 1180. The standard InChI is InChI=1S/C23H26FN3O5S/c1-4-15(2)25-22(29)16(3)26(13-17-9-5-7-11-19(17)24)21(28)14-27-23(30)18-10-6-8-12-20(18)33(27,31)32/h5-12,15-16H,4,13-14H2,1-3H3,(H,25,29)/t15-,16+/m1/s1. The highest BCUT2D eigenvalue weighted by molar-refractivity contribution is 7.90. The molecule has 2 aromatic carbocycles. The highest BCUT2D eigenvalue weighted by Gasteiger charge is 2.43. The van der Waals surface area contributed by atoms with Crippen molar-refractivity contribution in [2.45, 2.75) is 50.7 Å². The number of carbonyl (C=O) groups excluding carboxylic acids is 3. The first-order valence-corrected chi connectivity index (χ1v) is 12.0. The number of nitrogens with one attached hydrogen (secondary N) is 1. The maximum absolute atomic E-state index is 14.3. The number of carbonyl (C=O) groups is 3. The molecule has 0 radical (unpaired) electrons. The van der Waals surface area contributed by atoms with Crippen molar-refractivity contribution in [1.29, 1.82) is 0 Å². The van der Waals surface area contributed by atoms with Gasteiger partial charge >= 0.3 is 0 Å². The van der Waals surface area contributed by atoms with Gasteiger partial charge in [-0.1, -0.05) is 37.3 Å². The van der Waals surface area contributed by atoms with Crippen molar-refractivity contribution < 1.29 is 27.2 Å². The Kier molecular flexibility index (Phi) is 7.16. The van der Waals surface area contributed by atoms with Gasteiger partial charge < -0.3 is 10.2 Å². The van der Waals surface area contributed by atoms with E-state index in [0.29, 0.717) is 10.7 Å². The van der Waals surface area contributed by atoms with Crippen LogP contribution in [0.15, 0.2) is 53.4 Å². The van der Waals surface area contributed by atoms with Crippen LogP contribution in [0.5, 0.6) is 0 Å². The van der Waals surface area contributed by atoms with E-state index in [2.05, 4.69) is 5.32 Å². The van der Waals surface area contributed by atoms with E-state index in [1.165, 1.54) is 49.4 Å². The second-order valence-electron chi connectivity index (χ2n) is 7.92. The summed E-state index contributed by atoms with van der Waals surface area (Å²) in [5.74, 6) is -2.65. The minimum absolute atomic E-state index is 0.0199. The molecule has 0 aliphatic carbocycles. The van der Waals surface area contributed by atoms with Crippen LogP contribution in [0.4, 0.5) is 4.39 Å². The number of hydrogen-bond donors (Lipinski definition) is 1. The maximum Gasteiger partial charge on any atom is 0.269 e. The summed E-state index contributed by atoms with van der Waals surface area (Å²) in [6.45, 7) is 4.10. The molecule has 0 fully saturated rings. The lowest BCUT2D eigenvalue weighted by Gasteiger charge is -2.31. The molecule has 0 unspecified atom stereocenters. The number of nitrogens with zero attached hydrogens (tertiary/aromatic N) is 2. The van der Waals surface area contributed by atoms with E-state index in [4.69, 9.17) is 0 Å². The Morgan fingerprint density at radius 2 is 1.73 bits per heavy atom. The zero-order valence-corrected chi connectivity index (χ0v) is 19.4. The van der Waals surface area contributed by atoms with Crippen LogP contribution in [0, 0.1) is 5.82 Å². The van der Waals surface area contributed by atoms with Gasteiger partial charge in [0.25, 0.3) is 15.9 Å². The molecule has 0 saturated carbocycles. The zero-order chi connectivity index (χ0) is 24.3. The van der Waals surface area contributed by atoms with Gasteiger partial charge in [-0.3, -0.25) is 14.4 Å². The summed E-state index contributed by atoms with van der Waals surface area (Å²) in [6.07, 6.45) is 0.665. The van der Waals surface area contributed by atoms with Gasteiger partial charge in [0, 0.05) is 18.2 Å². The van der Waals surface area contributed by atoms with Crippen molar-refractivity contribution >= 4 is 27.7 Å². The van der Waals surface area contributed by atoms with Crippen LogP contribution in [0.1, 0.15) is 43.1 Å². The molecule has 33 heavy (non-hydrogen) atoms. The summed E-state index contributed by atoms with van der Waals surface area (Å²) in [4.78, 5) is 39.6. The molecule has 1 N–H and O–H groups in total. The lowest BCUT2D eigenvalue weighted by Crippen LogP contribution is -2.52. The van der Waals surface area contributed by atoms with Crippen LogP contribution in [-0.2, 0) is 26.2 Å². The van der Waals surface area contributed by atoms with Gasteiger partial charge in [0.1, 0.15) is 23.3 Å². The summed E-state index contributed by atoms with van der Waals surface area (Å²) in [7, 11) is -4.21. The Balaban J connectivity index is 1.90. The van der Waals surface area contributed by atoms with E-state index in [1.54, 1.807) is 13.0 Å². The van der Waals surface area contributed by atoms with Crippen molar-refractivity contribution in [2.24, 2.45) is 0 Å². The molecule has 176 valence electrons. The SMILES string of the molecule is CC[C@@H](C)NC(=O)[C@H](C)N(Cc1ccccc1F)C(=O)CN1C(=O)c2ccccc2S1(=O)=O. The fourth-order valence-corrected chi connectivity index (χ4v) is 4.98. The molecular weight excluding hydrogens is 449 g/mol. The lowest BCUT2D eigenvalue weighted by molar-refractivity contribution is -0.140. The van der Waals surface area contributed by atoms with Crippen LogP contribution >= 0.6 is 0 Å². The first-order valence-electron chi connectivity index (χ1n) is 10.6. The lowest BCUT2D eigenvalue weighted by atomic mass is 10.1. The molecule has 0 saturated heterocycles. The average Bonchev–Trinajstić information content (AvgIpc) is 2.98. The second kappa shape index (κ2) is 9.70. The largest absolute Gasteiger partial charge is 0.352 e. The van der Waals surface area contributed by atoms with Crippen LogP contribution in [0.2, 0.25) is 0 Å². The molecule has 1 aliphatic heterocycles. The predicted octanol–water partition coefficient (Wildman–Crippen LogP) is 2.30. The molecule has 2 aromatic rings. The quantitative estimate of drug-likeness (QED) is 0.631. The molecule has 10 heteroatoms. The topological polar surface area (TPSA) is 104 Å². The van der Waals surface area contributed by atoms with Crippen molar-refractivity contribution in [3.63, 3.8) is 0 Å². The molecule has 0 spiro atoms. The van der Waals surface area contributed by atoms with Crippen molar-refractivity contribution in [2.75, 3.05) is 6.54 Å². The smallest absolute Gasteiger partial charge is 0.269 e. The average molecular weight is 476 g/mol. The number of sulfonamides is 1. The van der Waals surface area contributed by atoms with Gasteiger partial charge in [-0.2, -0.15) is 0 Å². The number of halogens is 1. The Morgan fingerprint density at radius 3 is 2.36 bits per heavy atom. The van der Waals surface area contributed by atoms with Crippen molar-refractivity contribution in [3.05, 3.63) is 65.5 Å². The van der Waals surface area contributed by atoms with E-state index in [9.17, 15) is 27.2 Å². The minimum atomic E-state index is -4.21. The van der Waals surface area contributed by atoms with E-state index in [0.717, 1.165) is 4.90 Å². The number of amides is 3. The van der Waals surface area contributed by atoms with Crippen molar-refractivity contribution in [3.8, 4) is 0 Å². The van der Waals surface area contributed by atoms with Crippen LogP contribution in [0.25, 0.3) is 0 Å². The zero-order valence-electron chi connectivity index (χ0n) is 18.6. The molecule has 2 atom stereocenters. The second-order valence-corrected chi connectivity index (χ2v) is 9.75. The fourth-order valence-electron chi connectivity index (χ4n) is 3.46. The van der Waals surface area contributed by atoms with Gasteiger partial charge in [-0.25, -0.2) is 17.1 Å². The first-order chi connectivity index (χ1) is 15.6. The number of rotatable bonds is 8. The molecular formula is C23H26FN3O5S. The number of hydrogen-bond acceptors (Lipinski definition) is 5. The number of benzene rings is 2. The third kappa shape index (κ3) is 4.90. The summed E-state index contributed by atoms with van der Waals surface area (Å²) in [5.41, 5.74) is 0.140. The molecule has 0 bridgehead atoms. The highest BCUT2D eigenvalue weighted by atomic mass is 32.2. The Labute approximate surface area is 192 Å². The number of fused-ring (bicyclic) bond motifs is 1. The maximum atomic E-state index is 14.3. The monoisotopic (exact) mass is 475 g/mol. The fraction of sp³-hybridized carbons (Fsp3) is 0.348. The Morgan fingerprint density at radius 1 is 1.09 bits per heavy atom. The molecule has 1 aliphatic rings. The minimum Gasteiger partial charge on any atom is -0.352 e. The Hall–Kier alpha value is -3.27. The third-order valence-electron chi connectivity index (χ3n) is 5.66. The van der Waals surface area contributed by atoms with Gasteiger partial charge in [-0.05, 0) is 38.5 Å². The van der Waals surface area contributed by atoms with E-state index in [1.807, 2.05) is 6.92 Å². The first kappa shape index (κ1) is 24.4. The van der Waals surface area contributed by atoms with Gasteiger partial charge in [-0.15, -0.1) is 0 Å². The van der Waals surface area contributed by atoms with Crippen LogP contribution in [-0.4, -0.2) is 54.0 Å². The third-order valence-corrected chi connectivity index (χ3v) is 7.44. The van der Waals surface area contributed by atoms with Gasteiger partial charge in [0.05, 0.1) is 5.56 Å². The van der Waals surface area contributed by atoms with E-state index < -0.39 is 46.1 Å². The predicted molar refractivity (Wildman–Crippen MR) is 119 cm³/mol. The van der Waals surface area contributed by atoms with Crippen molar-refractivity contribution in [1.82, 2.24) is 14.5 Å². The molecule has 1 heterocycles. The van der Waals surface area contributed by atoms with E-state index >= 15 is 0 Å². The summed E-state index contributed by atoms with van der Waals surface area (Å²) >= 11 is 0. The normalized spacial score (nSPS) is 16.1. The van der Waals surface area contributed by atoms with Crippen LogP contribution < -0.4 is 5.32 Å². The van der Waals surface area contributed by atoms with E-state index in [-0.39, 0.29) is 28.6 Å². The summed E-state index contributed by atoms with van der Waals surface area (Å²) in [5, 5.41) is 2.77.